The number of ketones is 2. The second-order valence-corrected chi connectivity index (χ2v) is 5.26. The zero-order valence-electron chi connectivity index (χ0n) is 10.7. The molecular formula is C14H7F5O2S. The molecule has 0 radical (unpaired) electrons. The first-order chi connectivity index (χ1) is 10.2. The van der Waals surface area contributed by atoms with Gasteiger partial charge in [-0.15, -0.1) is 11.3 Å². The summed E-state index contributed by atoms with van der Waals surface area (Å²) in [7, 11) is 0. The first-order valence-electron chi connectivity index (χ1n) is 5.86. The second kappa shape index (κ2) is 5.96. The lowest BCUT2D eigenvalue weighted by Gasteiger charge is -2.09. The van der Waals surface area contributed by atoms with Crippen molar-refractivity contribution in [2.24, 2.45) is 0 Å². The fraction of sp³-hybridized carbons (Fsp3) is 0.143. The summed E-state index contributed by atoms with van der Waals surface area (Å²) in [6, 6.07) is 3.05. The molecule has 0 N–H and O–H groups in total. The Morgan fingerprint density at radius 1 is 1.05 bits per heavy atom. The zero-order valence-corrected chi connectivity index (χ0v) is 11.5. The first kappa shape index (κ1) is 16.3. The fourth-order valence-electron chi connectivity index (χ4n) is 1.76. The minimum Gasteiger partial charge on any atom is -0.293 e. The van der Waals surface area contributed by atoms with E-state index in [1.54, 1.807) is 11.4 Å². The Morgan fingerprint density at radius 3 is 2.09 bits per heavy atom. The number of carbonyl (C=O) groups excluding carboxylic acids is 2. The number of hydrogen-bond donors (Lipinski definition) is 0. The molecule has 2 rings (SSSR count). The van der Waals surface area contributed by atoms with Crippen molar-refractivity contribution >= 4 is 22.9 Å². The quantitative estimate of drug-likeness (QED) is 0.469. The van der Waals surface area contributed by atoms with E-state index >= 15 is 0 Å². The first-order valence-corrected chi connectivity index (χ1v) is 6.74. The third-order valence-corrected chi connectivity index (χ3v) is 3.68. The van der Waals surface area contributed by atoms with Crippen LogP contribution in [0.1, 0.15) is 32.0 Å². The van der Waals surface area contributed by atoms with Crippen LogP contribution in [0.4, 0.5) is 22.0 Å². The Morgan fingerprint density at radius 2 is 1.64 bits per heavy atom. The monoisotopic (exact) mass is 334 g/mol. The molecule has 8 heteroatoms. The number of carbonyl (C=O) groups is 2. The predicted molar refractivity (Wildman–Crippen MR) is 69.0 cm³/mol. The van der Waals surface area contributed by atoms with E-state index in [0.29, 0.717) is 0 Å². The molecule has 0 unspecified atom stereocenters. The number of rotatable bonds is 4. The number of Topliss-reactive ketones (excluding diaryl/α,β-unsaturated/α-hetero) is 2. The molecule has 0 saturated carbocycles. The molecule has 116 valence electrons. The van der Waals surface area contributed by atoms with Crippen molar-refractivity contribution in [3.63, 3.8) is 0 Å². The topological polar surface area (TPSA) is 34.1 Å². The van der Waals surface area contributed by atoms with E-state index in [4.69, 9.17) is 0 Å². The van der Waals surface area contributed by atoms with Crippen molar-refractivity contribution < 1.29 is 31.5 Å². The Labute approximate surface area is 125 Å². The molecule has 1 aromatic heterocycles. The van der Waals surface area contributed by atoms with E-state index in [0.717, 1.165) is 11.3 Å². The molecule has 0 bridgehead atoms. The molecule has 0 aliphatic heterocycles. The largest absolute Gasteiger partial charge is 0.416 e. The molecule has 1 aromatic carbocycles. The minimum absolute atomic E-state index is 0.0337. The molecule has 22 heavy (non-hydrogen) atoms. The van der Waals surface area contributed by atoms with Crippen molar-refractivity contribution in [1.29, 1.82) is 0 Å². The molecule has 2 nitrogen and oxygen atoms in total. The summed E-state index contributed by atoms with van der Waals surface area (Å²) < 4.78 is 64.4. The third-order valence-electron chi connectivity index (χ3n) is 2.77. The molecule has 0 spiro atoms. The Bertz CT molecular complexity index is 696. The maximum atomic E-state index is 13.6. The fourth-order valence-corrected chi connectivity index (χ4v) is 2.43. The van der Waals surface area contributed by atoms with Crippen LogP contribution in [0, 0.1) is 11.6 Å². The van der Waals surface area contributed by atoms with Gasteiger partial charge in [0, 0.05) is 0 Å². The molecule has 0 fully saturated rings. The van der Waals surface area contributed by atoms with Gasteiger partial charge in [0.15, 0.2) is 11.6 Å². The van der Waals surface area contributed by atoms with Crippen LogP contribution in [0.2, 0.25) is 0 Å². The van der Waals surface area contributed by atoms with Crippen LogP contribution in [0.5, 0.6) is 0 Å². The van der Waals surface area contributed by atoms with Gasteiger partial charge in [-0.3, -0.25) is 9.59 Å². The van der Waals surface area contributed by atoms with E-state index in [-0.39, 0.29) is 17.0 Å². The van der Waals surface area contributed by atoms with Crippen molar-refractivity contribution in [1.82, 2.24) is 0 Å². The zero-order chi connectivity index (χ0) is 16.5. The molecule has 2 aromatic rings. The van der Waals surface area contributed by atoms with Gasteiger partial charge in [-0.2, -0.15) is 13.2 Å². The summed E-state index contributed by atoms with van der Waals surface area (Å²) >= 11 is 1.04. The highest BCUT2D eigenvalue weighted by atomic mass is 32.1. The molecule has 0 saturated heterocycles. The summed E-state index contributed by atoms with van der Waals surface area (Å²) in [6.07, 6.45) is -5.75. The lowest BCUT2D eigenvalue weighted by atomic mass is 10.0. The van der Waals surface area contributed by atoms with Gasteiger partial charge in [0.05, 0.1) is 22.4 Å². The maximum absolute atomic E-state index is 13.6. The average molecular weight is 334 g/mol. The van der Waals surface area contributed by atoms with Crippen molar-refractivity contribution in [2.75, 3.05) is 0 Å². The average Bonchev–Trinajstić information content (AvgIpc) is 2.90. The van der Waals surface area contributed by atoms with Gasteiger partial charge in [0.1, 0.15) is 11.6 Å². The van der Waals surface area contributed by atoms with Crippen LogP contribution in [0.3, 0.4) is 0 Å². The standard InChI is InChI=1S/C14H7F5O2S/c15-8-4-7(14(17,18)19)5-9(16)13(8)11(21)6-10(20)12-2-1-3-22-12/h1-5H,6H2. The molecule has 1 heterocycles. The van der Waals surface area contributed by atoms with E-state index in [1.807, 2.05) is 0 Å². The number of alkyl halides is 3. The number of benzene rings is 1. The number of thiophene rings is 1. The van der Waals surface area contributed by atoms with Gasteiger partial charge >= 0.3 is 6.18 Å². The molecule has 0 atom stereocenters. The molecule has 0 aliphatic carbocycles. The Kier molecular flexibility index (Phi) is 4.41. The predicted octanol–water partition coefficient (Wildman–Crippen LogP) is 4.50. The summed E-state index contributed by atoms with van der Waals surface area (Å²) in [5.74, 6) is -5.14. The highest BCUT2D eigenvalue weighted by Gasteiger charge is 2.33. The van der Waals surface area contributed by atoms with E-state index in [2.05, 4.69) is 0 Å². The molecule has 0 aliphatic rings. The van der Waals surface area contributed by atoms with Gasteiger partial charge in [-0.05, 0) is 23.6 Å². The van der Waals surface area contributed by atoms with Crippen molar-refractivity contribution in [3.05, 3.63) is 57.3 Å². The van der Waals surface area contributed by atoms with E-state index in [9.17, 15) is 31.5 Å². The van der Waals surface area contributed by atoms with Crippen LogP contribution >= 0.6 is 11.3 Å². The summed E-state index contributed by atoms with van der Waals surface area (Å²) in [6.45, 7) is 0. The third kappa shape index (κ3) is 3.38. The Hall–Kier alpha value is -2.09. The van der Waals surface area contributed by atoms with Gasteiger partial charge in [-0.1, -0.05) is 6.07 Å². The van der Waals surface area contributed by atoms with Gasteiger partial charge in [-0.25, -0.2) is 8.78 Å². The number of hydrogen-bond acceptors (Lipinski definition) is 3. The van der Waals surface area contributed by atoms with Gasteiger partial charge in [0.2, 0.25) is 0 Å². The number of halogens is 5. The van der Waals surface area contributed by atoms with Crippen LogP contribution in [-0.2, 0) is 6.18 Å². The second-order valence-electron chi connectivity index (χ2n) is 4.31. The molecule has 0 amide bonds. The minimum atomic E-state index is -4.93. The van der Waals surface area contributed by atoms with Gasteiger partial charge in [0.25, 0.3) is 0 Å². The normalized spacial score (nSPS) is 11.5. The SMILES string of the molecule is O=C(CC(=O)c1c(F)cc(C(F)(F)F)cc1F)c1cccs1. The smallest absolute Gasteiger partial charge is 0.293 e. The maximum Gasteiger partial charge on any atom is 0.416 e. The van der Waals surface area contributed by atoms with E-state index in [1.165, 1.54) is 6.07 Å². The highest BCUT2D eigenvalue weighted by molar-refractivity contribution is 7.12. The van der Waals surface area contributed by atoms with Crippen LogP contribution < -0.4 is 0 Å². The van der Waals surface area contributed by atoms with Crippen molar-refractivity contribution in [2.45, 2.75) is 12.6 Å². The summed E-state index contributed by atoms with van der Waals surface area (Å²) in [5.41, 5.74) is -2.68. The lowest BCUT2D eigenvalue weighted by molar-refractivity contribution is -0.138. The van der Waals surface area contributed by atoms with Gasteiger partial charge < -0.3 is 0 Å². The molecular weight excluding hydrogens is 327 g/mol. The van der Waals surface area contributed by atoms with Crippen molar-refractivity contribution in [3.8, 4) is 0 Å². The van der Waals surface area contributed by atoms with Crippen LogP contribution in [-0.4, -0.2) is 11.6 Å². The summed E-state index contributed by atoms with van der Waals surface area (Å²) in [5, 5.41) is 1.58. The Balaban J connectivity index is 2.29. The van der Waals surface area contributed by atoms with E-state index < -0.39 is 46.9 Å². The van der Waals surface area contributed by atoms with Crippen LogP contribution in [0.15, 0.2) is 29.6 Å². The highest BCUT2D eigenvalue weighted by Crippen LogP contribution is 2.31. The summed E-state index contributed by atoms with van der Waals surface area (Å²) in [4.78, 5) is 23.7. The van der Waals surface area contributed by atoms with Crippen LogP contribution in [0.25, 0.3) is 0 Å². The lowest BCUT2D eigenvalue weighted by Crippen LogP contribution is -2.14.